The van der Waals surface area contributed by atoms with E-state index in [-0.39, 0.29) is 0 Å². The summed E-state index contributed by atoms with van der Waals surface area (Å²) in [5, 5.41) is 0. The van der Waals surface area contributed by atoms with E-state index >= 15 is 0 Å². The Hall–Kier alpha value is -0.430. The summed E-state index contributed by atoms with van der Waals surface area (Å²) in [6.45, 7) is 4.39. The van der Waals surface area contributed by atoms with Crippen LogP contribution in [0, 0.1) is 0 Å². The van der Waals surface area contributed by atoms with Gasteiger partial charge >= 0.3 is 0 Å². The Kier molecular flexibility index (Phi) is 6.67. The molecule has 21 heavy (non-hydrogen) atoms. The minimum absolute atomic E-state index is 0.326. The summed E-state index contributed by atoms with van der Waals surface area (Å²) < 4.78 is 27.7. The lowest BCUT2D eigenvalue weighted by Crippen LogP contribution is -3.09. The molecule has 0 spiro atoms. The predicted octanol–water partition coefficient (Wildman–Crippen LogP) is 1.58. The van der Waals surface area contributed by atoms with E-state index in [4.69, 9.17) is 0 Å². The zero-order chi connectivity index (χ0) is 15.1. The van der Waals surface area contributed by atoms with Gasteiger partial charge in [0.05, 0.1) is 24.5 Å². The van der Waals surface area contributed by atoms with Crippen LogP contribution in [0.4, 0.5) is 0 Å². The van der Waals surface area contributed by atoms with Crippen LogP contribution in [0.25, 0.3) is 0 Å². The number of rotatable bonds is 8. The monoisotopic (exact) mass is 375 g/mol. The number of hydrogen-bond acceptors (Lipinski definition) is 2. The number of unbranched alkanes of at least 4 members (excludes halogenated alkanes) is 2. The summed E-state index contributed by atoms with van der Waals surface area (Å²) in [7, 11) is -3.36. The number of likely N-dealkylation sites (tertiary alicyclic amines) is 1. The summed E-state index contributed by atoms with van der Waals surface area (Å²) in [6, 6.07) is 6.72. The average Bonchev–Trinajstić information content (AvgIpc) is 2.96. The third-order valence-electron chi connectivity index (χ3n) is 3.93. The van der Waals surface area contributed by atoms with Gasteiger partial charge in [-0.25, -0.2) is 13.1 Å². The molecule has 0 unspecified atom stereocenters. The number of benzene rings is 1. The standard InChI is InChI=1S/C15H23BrN2O2S/c16-14-6-8-15(9-7-14)21(19,20)17-10-2-1-3-11-18-12-4-5-13-18/h6-9,17H,1-5,10-13H2/p+1. The fourth-order valence-electron chi connectivity index (χ4n) is 2.71. The van der Waals surface area contributed by atoms with Crippen LogP contribution in [-0.4, -0.2) is 34.6 Å². The molecular weight excluding hydrogens is 352 g/mol. The van der Waals surface area contributed by atoms with E-state index in [1.807, 2.05) is 0 Å². The maximum atomic E-state index is 12.1. The van der Waals surface area contributed by atoms with Gasteiger partial charge in [-0.05, 0) is 43.5 Å². The summed E-state index contributed by atoms with van der Waals surface area (Å²) in [5.74, 6) is 0. The SMILES string of the molecule is O=S(=O)(NCCCCC[NH+]1CCCC1)c1ccc(Br)cc1. The van der Waals surface area contributed by atoms with Crippen LogP contribution < -0.4 is 9.62 Å². The first-order valence-electron chi connectivity index (χ1n) is 7.67. The third kappa shape index (κ3) is 5.70. The highest BCUT2D eigenvalue weighted by Crippen LogP contribution is 2.14. The Labute approximate surface area is 136 Å². The van der Waals surface area contributed by atoms with Crippen molar-refractivity contribution in [1.29, 1.82) is 0 Å². The lowest BCUT2D eigenvalue weighted by molar-refractivity contribution is -0.887. The molecule has 6 heteroatoms. The lowest BCUT2D eigenvalue weighted by atomic mass is 10.2. The van der Waals surface area contributed by atoms with Crippen molar-refractivity contribution < 1.29 is 13.3 Å². The van der Waals surface area contributed by atoms with Crippen molar-refractivity contribution in [2.45, 2.75) is 37.0 Å². The van der Waals surface area contributed by atoms with E-state index in [1.54, 1.807) is 29.2 Å². The van der Waals surface area contributed by atoms with E-state index in [0.717, 1.165) is 17.3 Å². The number of sulfonamides is 1. The first kappa shape index (κ1) is 16.9. The van der Waals surface area contributed by atoms with Gasteiger partial charge in [0.2, 0.25) is 10.0 Å². The normalized spacial score (nSPS) is 16.4. The average molecular weight is 376 g/mol. The van der Waals surface area contributed by atoms with Gasteiger partial charge in [0, 0.05) is 23.9 Å². The van der Waals surface area contributed by atoms with Crippen LogP contribution in [0.3, 0.4) is 0 Å². The molecule has 118 valence electrons. The minimum Gasteiger partial charge on any atom is -0.335 e. The Morgan fingerprint density at radius 1 is 1.05 bits per heavy atom. The molecule has 0 aromatic heterocycles. The molecule has 0 radical (unpaired) electrons. The molecule has 0 aliphatic carbocycles. The number of halogens is 1. The lowest BCUT2D eigenvalue weighted by Gasteiger charge is -2.11. The maximum absolute atomic E-state index is 12.1. The largest absolute Gasteiger partial charge is 0.335 e. The van der Waals surface area contributed by atoms with Crippen molar-refractivity contribution in [3.63, 3.8) is 0 Å². The zero-order valence-corrected chi connectivity index (χ0v) is 14.7. The third-order valence-corrected chi connectivity index (χ3v) is 5.94. The molecule has 0 saturated carbocycles. The van der Waals surface area contributed by atoms with Gasteiger partial charge in [-0.1, -0.05) is 15.9 Å². The van der Waals surface area contributed by atoms with Crippen molar-refractivity contribution in [2.75, 3.05) is 26.2 Å². The highest BCUT2D eigenvalue weighted by atomic mass is 79.9. The number of quaternary nitrogens is 1. The van der Waals surface area contributed by atoms with E-state index in [0.29, 0.717) is 11.4 Å². The van der Waals surface area contributed by atoms with E-state index in [1.165, 1.54) is 38.9 Å². The van der Waals surface area contributed by atoms with Crippen LogP contribution in [0.5, 0.6) is 0 Å². The summed E-state index contributed by atoms with van der Waals surface area (Å²) in [5.41, 5.74) is 0. The molecule has 2 N–H and O–H groups in total. The Bertz CT molecular complexity index is 525. The second kappa shape index (κ2) is 8.27. The molecule has 1 aliphatic heterocycles. The van der Waals surface area contributed by atoms with Gasteiger partial charge in [0.25, 0.3) is 0 Å². The Morgan fingerprint density at radius 3 is 2.38 bits per heavy atom. The zero-order valence-electron chi connectivity index (χ0n) is 12.3. The first-order valence-corrected chi connectivity index (χ1v) is 9.94. The predicted molar refractivity (Wildman–Crippen MR) is 88.0 cm³/mol. The fraction of sp³-hybridized carbons (Fsp3) is 0.600. The highest BCUT2D eigenvalue weighted by Gasteiger charge is 2.15. The fourth-order valence-corrected chi connectivity index (χ4v) is 4.04. The van der Waals surface area contributed by atoms with Crippen LogP contribution in [0.2, 0.25) is 0 Å². The molecule has 1 saturated heterocycles. The second-order valence-corrected chi connectivity index (χ2v) is 8.30. The first-order chi connectivity index (χ1) is 10.1. The van der Waals surface area contributed by atoms with E-state index in [9.17, 15) is 8.42 Å². The second-order valence-electron chi connectivity index (χ2n) is 5.62. The smallest absolute Gasteiger partial charge is 0.240 e. The molecule has 2 rings (SSSR count). The van der Waals surface area contributed by atoms with Gasteiger partial charge in [-0.2, -0.15) is 0 Å². The molecular formula is C15H24BrN2O2S+. The summed E-state index contributed by atoms with van der Waals surface area (Å²) >= 11 is 3.30. The maximum Gasteiger partial charge on any atom is 0.240 e. The molecule has 1 aromatic rings. The minimum atomic E-state index is -3.36. The molecule has 1 aromatic carbocycles. The van der Waals surface area contributed by atoms with Crippen molar-refractivity contribution >= 4 is 26.0 Å². The van der Waals surface area contributed by atoms with Crippen molar-refractivity contribution in [3.8, 4) is 0 Å². The van der Waals surface area contributed by atoms with Crippen molar-refractivity contribution in [2.24, 2.45) is 0 Å². The summed E-state index contributed by atoms with van der Waals surface area (Å²) in [6.07, 6.45) is 5.91. The van der Waals surface area contributed by atoms with Gasteiger partial charge in [0.15, 0.2) is 0 Å². The molecule has 1 heterocycles. The topological polar surface area (TPSA) is 50.6 Å². The van der Waals surface area contributed by atoms with Crippen molar-refractivity contribution in [3.05, 3.63) is 28.7 Å². The van der Waals surface area contributed by atoms with Gasteiger partial charge < -0.3 is 4.90 Å². The number of hydrogen-bond donors (Lipinski definition) is 2. The van der Waals surface area contributed by atoms with E-state index in [2.05, 4.69) is 20.7 Å². The van der Waals surface area contributed by atoms with Gasteiger partial charge in [0.1, 0.15) is 0 Å². The quantitative estimate of drug-likeness (QED) is 0.677. The Balaban J connectivity index is 1.64. The molecule has 1 aliphatic rings. The molecule has 0 amide bonds. The Morgan fingerprint density at radius 2 is 1.71 bits per heavy atom. The number of nitrogens with one attached hydrogen (secondary N) is 2. The highest BCUT2D eigenvalue weighted by molar-refractivity contribution is 9.10. The molecule has 4 nitrogen and oxygen atoms in total. The van der Waals surface area contributed by atoms with Crippen LogP contribution >= 0.6 is 15.9 Å². The van der Waals surface area contributed by atoms with Gasteiger partial charge in [-0.15, -0.1) is 0 Å². The summed E-state index contributed by atoms with van der Waals surface area (Å²) in [4.78, 5) is 2.04. The molecule has 0 atom stereocenters. The molecule has 1 fully saturated rings. The van der Waals surface area contributed by atoms with Crippen molar-refractivity contribution in [1.82, 2.24) is 4.72 Å². The molecule has 0 bridgehead atoms. The van der Waals surface area contributed by atoms with Crippen LogP contribution in [-0.2, 0) is 10.0 Å². The van der Waals surface area contributed by atoms with Crippen LogP contribution in [0.1, 0.15) is 32.1 Å². The van der Waals surface area contributed by atoms with Crippen LogP contribution in [0.15, 0.2) is 33.6 Å². The van der Waals surface area contributed by atoms with Gasteiger partial charge in [-0.3, -0.25) is 0 Å². The van der Waals surface area contributed by atoms with E-state index < -0.39 is 10.0 Å².